The Kier molecular flexibility index (Phi) is 5.00. The summed E-state index contributed by atoms with van der Waals surface area (Å²) in [4.78, 5) is 20.8. The van der Waals surface area contributed by atoms with Crippen molar-refractivity contribution in [3.05, 3.63) is 24.3 Å². The number of rotatable bonds is 4. The monoisotopic (exact) mass is 292 g/mol. The van der Waals surface area contributed by atoms with Crippen LogP contribution in [0.25, 0.3) is 0 Å². The van der Waals surface area contributed by atoms with Gasteiger partial charge in [-0.2, -0.15) is 0 Å². The van der Waals surface area contributed by atoms with Crippen LogP contribution in [0.3, 0.4) is 0 Å². The zero-order chi connectivity index (χ0) is 14.4. The van der Waals surface area contributed by atoms with Crippen LogP contribution >= 0.6 is 12.2 Å². The zero-order valence-corrected chi connectivity index (χ0v) is 12.3. The third-order valence-electron chi connectivity index (χ3n) is 3.94. The van der Waals surface area contributed by atoms with Crippen molar-refractivity contribution in [1.82, 2.24) is 15.3 Å². The second-order valence-electron chi connectivity index (χ2n) is 5.24. The molecule has 0 spiro atoms. The van der Waals surface area contributed by atoms with E-state index in [1.807, 2.05) is 0 Å². The summed E-state index contributed by atoms with van der Waals surface area (Å²) in [6.45, 7) is 0.381. The molecule has 1 aliphatic carbocycles. The van der Waals surface area contributed by atoms with E-state index in [4.69, 9.17) is 18.0 Å². The maximum Gasteiger partial charge on any atom is 0.233 e. The summed E-state index contributed by atoms with van der Waals surface area (Å²) < 4.78 is 0. The number of amides is 1. The number of hydrogen-bond acceptors (Lipinski definition) is 4. The van der Waals surface area contributed by atoms with Crippen molar-refractivity contribution >= 4 is 23.1 Å². The van der Waals surface area contributed by atoms with E-state index in [1.165, 1.54) is 6.33 Å². The minimum absolute atomic E-state index is 0.0643. The van der Waals surface area contributed by atoms with Gasteiger partial charge in [-0.15, -0.1) is 0 Å². The third-order valence-corrected chi connectivity index (χ3v) is 4.33. The highest BCUT2D eigenvalue weighted by Gasteiger charge is 2.41. The van der Waals surface area contributed by atoms with Gasteiger partial charge >= 0.3 is 0 Å². The fourth-order valence-corrected chi connectivity index (χ4v) is 2.98. The highest BCUT2D eigenvalue weighted by Crippen LogP contribution is 2.35. The quantitative estimate of drug-likeness (QED) is 0.652. The Morgan fingerprint density at radius 2 is 2.05 bits per heavy atom. The van der Waals surface area contributed by atoms with Crippen LogP contribution < -0.4 is 11.1 Å². The first-order valence-corrected chi connectivity index (χ1v) is 7.39. The van der Waals surface area contributed by atoms with E-state index in [1.54, 1.807) is 12.3 Å². The Balaban J connectivity index is 2.05. The van der Waals surface area contributed by atoms with Gasteiger partial charge in [-0.25, -0.2) is 9.97 Å². The number of nitrogens with one attached hydrogen (secondary N) is 1. The Labute approximate surface area is 124 Å². The molecule has 1 aromatic heterocycles. The van der Waals surface area contributed by atoms with Gasteiger partial charge in [0, 0.05) is 6.20 Å². The largest absolute Gasteiger partial charge is 0.392 e. The summed E-state index contributed by atoms with van der Waals surface area (Å²) in [5.74, 6) is -0.0643. The fourth-order valence-electron chi connectivity index (χ4n) is 2.68. The number of thiocarbonyl (C=S) groups is 1. The standard InChI is InChI=1S/C14H20N4OS/c15-12(20)14(6-3-1-2-4-7-14)13(19)17-9-11-5-8-16-10-18-11/h5,8,10H,1-4,6-7,9H2,(H2,15,20)(H,17,19). The minimum atomic E-state index is -0.682. The molecule has 6 heteroatoms. The van der Waals surface area contributed by atoms with E-state index in [2.05, 4.69) is 15.3 Å². The van der Waals surface area contributed by atoms with Gasteiger partial charge in [0.25, 0.3) is 0 Å². The summed E-state index contributed by atoms with van der Waals surface area (Å²) >= 11 is 5.19. The van der Waals surface area contributed by atoms with Crippen molar-refractivity contribution in [3.8, 4) is 0 Å². The maximum atomic E-state index is 12.6. The number of carbonyl (C=O) groups is 1. The van der Waals surface area contributed by atoms with Crippen LogP contribution in [0.1, 0.15) is 44.2 Å². The highest BCUT2D eigenvalue weighted by molar-refractivity contribution is 7.80. The van der Waals surface area contributed by atoms with Crippen molar-refractivity contribution in [2.24, 2.45) is 11.1 Å². The lowest BCUT2D eigenvalue weighted by Crippen LogP contribution is -2.48. The van der Waals surface area contributed by atoms with Crippen LogP contribution in [-0.2, 0) is 11.3 Å². The molecule has 0 saturated heterocycles. The molecular formula is C14H20N4OS. The summed E-state index contributed by atoms with van der Waals surface area (Å²) in [5, 5.41) is 2.92. The Bertz CT molecular complexity index is 469. The van der Waals surface area contributed by atoms with Gasteiger partial charge in [0.15, 0.2) is 0 Å². The molecule has 20 heavy (non-hydrogen) atoms. The Morgan fingerprint density at radius 1 is 1.35 bits per heavy atom. The van der Waals surface area contributed by atoms with Gasteiger partial charge < -0.3 is 11.1 Å². The van der Waals surface area contributed by atoms with Crippen LogP contribution in [0.4, 0.5) is 0 Å². The number of carbonyl (C=O) groups excluding carboxylic acids is 1. The molecule has 2 rings (SSSR count). The van der Waals surface area contributed by atoms with E-state index in [-0.39, 0.29) is 5.91 Å². The molecule has 1 aliphatic rings. The second kappa shape index (κ2) is 6.74. The predicted molar refractivity (Wildman–Crippen MR) is 80.8 cm³/mol. The number of nitrogens with two attached hydrogens (primary N) is 1. The van der Waals surface area contributed by atoms with E-state index in [0.29, 0.717) is 11.5 Å². The van der Waals surface area contributed by atoms with E-state index < -0.39 is 5.41 Å². The molecular weight excluding hydrogens is 272 g/mol. The molecule has 1 saturated carbocycles. The molecule has 1 amide bonds. The molecule has 0 radical (unpaired) electrons. The van der Waals surface area contributed by atoms with Crippen LogP contribution in [0.2, 0.25) is 0 Å². The molecule has 1 fully saturated rings. The first-order valence-electron chi connectivity index (χ1n) is 6.98. The molecule has 1 heterocycles. The van der Waals surface area contributed by atoms with Gasteiger partial charge in [-0.1, -0.05) is 37.9 Å². The summed E-state index contributed by atoms with van der Waals surface area (Å²) in [6.07, 6.45) is 8.90. The number of aromatic nitrogens is 2. The van der Waals surface area contributed by atoms with Gasteiger partial charge in [0.05, 0.1) is 22.6 Å². The van der Waals surface area contributed by atoms with Gasteiger partial charge in [0.1, 0.15) is 6.33 Å². The first kappa shape index (κ1) is 14.8. The predicted octanol–water partition coefficient (Wildman–Crippen LogP) is 1.72. The normalized spacial score (nSPS) is 18.0. The average molecular weight is 292 g/mol. The third kappa shape index (κ3) is 3.30. The van der Waals surface area contributed by atoms with E-state index >= 15 is 0 Å². The van der Waals surface area contributed by atoms with Crippen molar-refractivity contribution in [2.45, 2.75) is 45.1 Å². The van der Waals surface area contributed by atoms with Gasteiger partial charge in [-0.3, -0.25) is 4.79 Å². The lowest BCUT2D eigenvalue weighted by molar-refractivity contribution is -0.128. The summed E-state index contributed by atoms with van der Waals surface area (Å²) in [6, 6.07) is 1.78. The van der Waals surface area contributed by atoms with Crippen molar-refractivity contribution < 1.29 is 4.79 Å². The molecule has 0 atom stereocenters. The van der Waals surface area contributed by atoms with E-state index in [0.717, 1.165) is 44.2 Å². The molecule has 5 nitrogen and oxygen atoms in total. The zero-order valence-electron chi connectivity index (χ0n) is 11.5. The summed E-state index contributed by atoms with van der Waals surface area (Å²) in [5.41, 5.74) is 5.98. The first-order chi connectivity index (χ1) is 9.65. The fraction of sp³-hybridized carbons (Fsp3) is 0.571. The average Bonchev–Trinajstić information content (AvgIpc) is 2.72. The van der Waals surface area contributed by atoms with Gasteiger partial charge in [0.2, 0.25) is 5.91 Å². The molecule has 0 aliphatic heterocycles. The van der Waals surface area contributed by atoms with Crippen LogP contribution in [0.15, 0.2) is 18.6 Å². The van der Waals surface area contributed by atoms with Crippen molar-refractivity contribution in [2.75, 3.05) is 0 Å². The van der Waals surface area contributed by atoms with E-state index in [9.17, 15) is 4.79 Å². The SMILES string of the molecule is NC(=S)C1(C(=O)NCc2ccncn2)CCCCCC1. The Morgan fingerprint density at radius 3 is 2.60 bits per heavy atom. The van der Waals surface area contributed by atoms with Crippen LogP contribution in [0, 0.1) is 5.41 Å². The lowest BCUT2D eigenvalue weighted by Gasteiger charge is -2.30. The number of hydrogen-bond donors (Lipinski definition) is 2. The molecule has 1 aromatic rings. The molecule has 3 N–H and O–H groups in total. The number of nitrogens with zero attached hydrogens (tertiary/aromatic N) is 2. The lowest BCUT2D eigenvalue weighted by atomic mass is 9.79. The maximum absolute atomic E-state index is 12.6. The molecule has 0 unspecified atom stereocenters. The molecule has 0 aromatic carbocycles. The second-order valence-corrected chi connectivity index (χ2v) is 5.68. The minimum Gasteiger partial charge on any atom is -0.392 e. The van der Waals surface area contributed by atoms with Crippen LogP contribution in [-0.4, -0.2) is 20.9 Å². The van der Waals surface area contributed by atoms with Gasteiger partial charge in [-0.05, 0) is 18.9 Å². The van der Waals surface area contributed by atoms with Crippen LogP contribution in [0.5, 0.6) is 0 Å². The summed E-state index contributed by atoms with van der Waals surface area (Å²) in [7, 11) is 0. The topological polar surface area (TPSA) is 80.9 Å². The highest BCUT2D eigenvalue weighted by atomic mass is 32.1. The smallest absolute Gasteiger partial charge is 0.233 e. The molecule has 108 valence electrons. The van der Waals surface area contributed by atoms with Crippen molar-refractivity contribution in [1.29, 1.82) is 0 Å². The molecule has 0 bridgehead atoms. The Hall–Kier alpha value is -1.56. The van der Waals surface area contributed by atoms with Crippen molar-refractivity contribution in [3.63, 3.8) is 0 Å².